The van der Waals surface area contributed by atoms with Gasteiger partial charge in [0.2, 0.25) is 0 Å². The summed E-state index contributed by atoms with van der Waals surface area (Å²) in [6.45, 7) is 7.96. The fraction of sp³-hybridized carbons (Fsp3) is 0.706. The van der Waals surface area contributed by atoms with E-state index in [1.54, 1.807) is 18.7 Å². The number of nitrogens with zero attached hydrogens (tertiary/aromatic N) is 3. The zero-order chi connectivity index (χ0) is 15.2. The number of rotatable bonds is 9. The minimum Gasteiger partial charge on any atom is -0.359 e. The molecular formula is C17H32N4. The zero-order valence-corrected chi connectivity index (χ0v) is 13.8. The molecular weight excluding hydrogens is 260 g/mol. The van der Waals surface area contributed by atoms with Crippen LogP contribution >= 0.6 is 0 Å². The monoisotopic (exact) mass is 292 g/mol. The fourth-order valence-corrected chi connectivity index (χ4v) is 2.35. The highest BCUT2D eigenvalue weighted by Crippen LogP contribution is 2.10. The van der Waals surface area contributed by atoms with Gasteiger partial charge < -0.3 is 14.8 Å². The van der Waals surface area contributed by atoms with Crippen LogP contribution in [-0.2, 0) is 0 Å². The fourth-order valence-electron chi connectivity index (χ4n) is 2.35. The van der Waals surface area contributed by atoms with E-state index in [0.29, 0.717) is 0 Å². The summed E-state index contributed by atoms with van der Waals surface area (Å²) in [5, 5.41) is 0. The van der Waals surface area contributed by atoms with Crippen molar-refractivity contribution < 1.29 is 0 Å². The Morgan fingerprint density at radius 2 is 1.67 bits per heavy atom. The van der Waals surface area contributed by atoms with Gasteiger partial charge in [-0.25, -0.2) is 4.98 Å². The molecule has 1 aromatic heterocycles. The van der Waals surface area contributed by atoms with Gasteiger partial charge in [-0.05, 0) is 13.3 Å². The molecule has 4 heteroatoms. The molecule has 1 aliphatic heterocycles. The van der Waals surface area contributed by atoms with Crippen LogP contribution in [0.5, 0.6) is 0 Å². The van der Waals surface area contributed by atoms with E-state index in [2.05, 4.69) is 46.0 Å². The highest BCUT2D eigenvalue weighted by atomic mass is 15.3. The molecule has 0 atom stereocenters. The second-order valence-electron chi connectivity index (χ2n) is 5.54. The van der Waals surface area contributed by atoms with Crippen LogP contribution in [0.25, 0.3) is 0 Å². The standard InChI is InChI=1S/C14H28N2.C3H4N2/c1-3-5-6-7-8-9-10-11-16-13-12-15(4-2)14-16;1-2-5-3-4-1/h12-13H,3-11,14H2,1-2H3;1-3H,(H,4,5). The summed E-state index contributed by atoms with van der Waals surface area (Å²) >= 11 is 0. The Bertz CT molecular complexity index is 317. The van der Waals surface area contributed by atoms with Crippen molar-refractivity contribution in [3.8, 4) is 0 Å². The summed E-state index contributed by atoms with van der Waals surface area (Å²) in [5.74, 6) is 0. The SMILES string of the molecule is CCCCCCCCCN1C=CN(CC)C1.c1c[nH]cn1. The van der Waals surface area contributed by atoms with Gasteiger partial charge in [0.15, 0.2) is 0 Å². The first-order chi connectivity index (χ1) is 10.4. The van der Waals surface area contributed by atoms with Gasteiger partial charge in [-0.2, -0.15) is 0 Å². The predicted molar refractivity (Wildman–Crippen MR) is 89.7 cm³/mol. The van der Waals surface area contributed by atoms with Crippen molar-refractivity contribution in [3.05, 3.63) is 31.1 Å². The van der Waals surface area contributed by atoms with E-state index < -0.39 is 0 Å². The van der Waals surface area contributed by atoms with E-state index in [-0.39, 0.29) is 0 Å². The average molecular weight is 292 g/mol. The van der Waals surface area contributed by atoms with E-state index in [9.17, 15) is 0 Å². The van der Waals surface area contributed by atoms with Crippen LogP contribution in [0, 0.1) is 0 Å². The molecule has 0 aliphatic carbocycles. The number of H-pyrrole nitrogens is 1. The maximum atomic E-state index is 3.67. The van der Waals surface area contributed by atoms with Crippen LogP contribution in [-0.4, -0.2) is 39.5 Å². The highest BCUT2D eigenvalue weighted by molar-refractivity contribution is 4.89. The van der Waals surface area contributed by atoms with Crippen molar-refractivity contribution in [2.75, 3.05) is 19.8 Å². The van der Waals surface area contributed by atoms with Gasteiger partial charge in [-0.1, -0.05) is 45.4 Å². The van der Waals surface area contributed by atoms with Crippen molar-refractivity contribution in [3.63, 3.8) is 0 Å². The molecule has 0 bridgehead atoms. The lowest BCUT2D eigenvalue weighted by atomic mass is 10.1. The third kappa shape index (κ3) is 9.16. The molecule has 2 heterocycles. The molecule has 0 aromatic carbocycles. The lowest BCUT2D eigenvalue weighted by molar-refractivity contribution is 0.268. The molecule has 0 saturated heterocycles. The Hall–Kier alpha value is -1.45. The smallest absolute Gasteiger partial charge is 0.0919 e. The third-order valence-electron chi connectivity index (χ3n) is 3.71. The topological polar surface area (TPSA) is 35.2 Å². The van der Waals surface area contributed by atoms with Crippen molar-refractivity contribution in [1.82, 2.24) is 19.8 Å². The number of hydrogen-bond donors (Lipinski definition) is 1. The van der Waals surface area contributed by atoms with Crippen LogP contribution in [0.3, 0.4) is 0 Å². The van der Waals surface area contributed by atoms with Crippen LogP contribution in [0.4, 0.5) is 0 Å². The minimum absolute atomic E-state index is 1.10. The Kier molecular flexibility index (Phi) is 10.3. The summed E-state index contributed by atoms with van der Waals surface area (Å²) in [4.78, 5) is 11.2. The molecule has 4 nitrogen and oxygen atoms in total. The van der Waals surface area contributed by atoms with E-state index in [1.807, 2.05) is 0 Å². The highest BCUT2D eigenvalue weighted by Gasteiger charge is 2.08. The number of aromatic nitrogens is 2. The van der Waals surface area contributed by atoms with Gasteiger partial charge in [0.05, 0.1) is 13.0 Å². The van der Waals surface area contributed by atoms with E-state index in [0.717, 1.165) is 13.2 Å². The molecule has 1 aromatic rings. The van der Waals surface area contributed by atoms with Gasteiger partial charge in [0.25, 0.3) is 0 Å². The number of nitrogens with one attached hydrogen (secondary N) is 1. The number of imidazole rings is 1. The first-order valence-corrected chi connectivity index (χ1v) is 8.46. The molecule has 0 radical (unpaired) electrons. The molecule has 0 unspecified atom stereocenters. The third-order valence-corrected chi connectivity index (χ3v) is 3.71. The van der Waals surface area contributed by atoms with Crippen LogP contribution in [0.15, 0.2) is 31.1 Å². The second kappa shape index (κ2) is 12.3. The number of unbranched alkanes of at least 4 members (excludes halogenated alkanes) is 6. The molecule has 0 fully saturated rings. The molecule has 1 N–H and O–H groups in total. The van der Waals surface area contributed by atoms with Gasteiger partial charge in [0, 0.05) is 37.9 Å². The molecule has 120 valence electrons. The largest absolute Gasteiger partial charge is 0.359 e. The molecule has 0 saturated carbocycles. The summed E-state index contributed by atoms with van der Waals surface area (Å²) in [5.41, 5.74) is 0. The molecule has 0 spiro atoms. The molecule has 2 rings (SSSR count). The summed E-state index contributed by atoms with van der Waals surface area (Å²) in [6, 6.07) is 0. The van der Waals surface area contributed by atoms with Crippen LogP contribution in [0.2, 0.25) is 0 Å². The summed E-state index contributed by atoms with van der Waals surface area (Å²) in [7, 11) is 0. The minimum atomic E-state index is 1.10. The van der Waals surface area contributed by atoms with Gasteiger partial charge in [-0.15, -0.1) is 0 Å². The number of hydrogen-bond acceptors (Lipinski definition) is 3. The van der Waals surface area contributed by atoms with E-state index in [4.69, 9.17) is 0 Å². The van der Waals surface area contributed by atoms with Crippen LogP contribution in [0.1, 0.15) is 58.8 Å². The normalized spacial score (nSPS) is 13.4. The zero-order valence-electron chi connectivity index (χ0n) is 13.8. The van der Waals surface area contributed by atoms with E-state index in [1.165, 1.54) is 51.5 Å². The molecule has 1 aliphatic rings. The first-order valence-electron chi connectivity index (χ1n) is 8.46. The second-order valence-corrected chi connectivity index (χ2v) is 5.54. The Labute approximate surface area is 130 Å². The maximum Gasteiger partial charge on any atom is 0.0919 e. The summed E-state index contributed by atoms with van der Waals surface area (Å²) in [6.07, 6.45) is 19.4. The van der Waals surface area contributed by atoms with E-state index >= 15 is 0 Å². The Morgan fingerprint density at radius 3 is 2.19 bits per heavy atom. The van der Waals surface area contributed by atoms with Gasteiger partial charge >= 0.3 is 0 Å². The summed E-state index contributed by atoms with van der Waals surface area (Å²) < 4.78 is 0. The maximum absolute atomic E-state index is 3.67. The Balaban J connectivity index is 0.000000369. The Morgan fingerprint density at radius 1 is 0.952 bits per heavy atom. The predicted octanol–water partition coefficient (Wildman–Crippen LogP) is 4.21. The quantitative estimate of drug-likeness (QED) is 0.692. The van der Waals surface area contributed by atoms with Crippen molar-refractivity contribution in [2.24, 2.45) is 0 Å². The van der Waals surface area contributed by atoms with Gasteiger partial charge in [0.1, 0.15) is 0 Å². The van der Waals surface area contributed by atoms with Crippen molar-refractivity contribution in [2.45, 2.75) is 58.8 Å². The molecule has 0 amide bonds. The van der Waals surface area contributed by atoms with Crippen molar-refractivity contribution in [1.29, 1.82) is 0 Å². The van der Waals surface area contributed by atoms with Crippen molar-refractivity contribution >= 4 is 0 Å². The average Bonchev–Trinajstić information content (AvgIpc) is 3.20. The first kappa shape index (κ1) is 17.6. The van der Waals surface area contributed by atoms with Gasteiger partial charge in [-0.3, -0.25) is 0 Å². The lowest BCUT2D eigenvalue weighted by Crippen LogP contribution is -2.25. The number of aromatic amines is 1. The van der Waals surface area contributed by atoms with Crippen LogP contribution < -0.4 is 0 Å². The lowest BCUT2D eigenvalue weighted by Gasteiger charge is -2.19. The molecule has 21 heavy (non-hydrogen) atoms.